The topological polar surface area (TPSA) is 109 Å². The van der Waals surface area contributed by atoms with E-state index in [-0.39, 0.29) is 28.7 Å². The number of benzene rings is 1. The van der Waals surface area contributed by atoms with Crippen LogP contribution in [0.1, 0.15) is 26.5 Å². The van der Waals surface area contributed by atoms with Crippen LogP contribution in [0.2, 0.25) is 5.02 Å². The highest BCUT2D eigenvalue weighted by molar-refractivity contribution is 6.30. The highest BCUT2D eigenvalue weighted by Gasteiger charge is 2.17. The lowest BCUT2D eigenvalue weighted by Crippen LogP contribution is -2.25. The number of nitrogens with zero attached hydrogens (tertiary/aromatic N) is 4. The summed E-state index contributed by atoms with van der Waals surface area (Å²) < 4.78 is 14.1. The SMILES string of the molecule is O=C(NCc1ccc(F)c(Cl)c1)c1cc(C(=O)O)n2ncnc2n1. The molecule has 8 nitrogen and oxygen atoms in total. The van der Waals surface area contributed by atoms with Gasteiger partial charge in [-0.05, 0) is 17.7 Å². The number of nitrogens with one attached hydrogen (secondary N) is 1. The molecule has 0 aliphatic rings. The molecule has 122 valence electrons. The van der Waals surface area contributed by atoms with Gasteiger partial charge in [-0.15, -0.1) is 0 Å². The molecule has 3 aromatic rings. The molecule has 0 unspecified atom stereocenters. The van der Waals surface area contributed by atoms with Gasteiger partial charge < -0.3 is 10.4 Å². The maximum absolute atomic E-state index is 13.1. The highest BCUT2D eigenvalue weighted by atomic mass is 35.5. The van der Waals surface area contributed by atoms with Gasteiger partial charge in [0, 0.05) is 12.6 Å². The Bertz CT molecular complexity index is 959. The Labute approximate surface area is 138 Å². The van der Waals surface area contributed by atoms with Crippen molar-refractivity contribution in [3.63, 3.8) is 0 Å². The normalized spacial score (nSPS) is 10.8. The van der Waals surface area contributed by atoms with Gasteiger partial charge in [-0.1, -0.05) is 17.7 Å². The fourth-order valence-corrected chi connectivity index (χ4v) is 2.21. The predicted molar refractivity (Wildman–Crippen MR) is 80.3 cm³/mol. The fourth-order valence-electron chi connectivity index (χ4n) is 2.00. The molecule has 0 aliphatic carbocycles. The number of fused-ring (bicyclic) bond motifs is 1. The first-order valence-corrected chi connectivity index (χ1v) is 6.99. The van der Waals surface area contributed by atoms with Gasteiger partial charge in [-0.25, -0.2) is 14.2 Å². The summed E-state index contributed by atoms with van der Waals surface area (Å²) in [6, 6.07) is 5.14. The van der Waals surface area contributed by atoms with Crippen LogP contribution in [0, 0.1) is 5.82 Å². The maximum atomic E-state index is 13.1. The Kier molecular flexibility index (Phi) is 4.09. The molecule has 2 N–H and O–H groups in total. The van der Waals surface area contributed by atoms with Gasteiger partial charge >= 0.3 is 5.97 Å². The molecular weight excluding hydrogens is 341 g/mol. The first-order chi connectivity index (χ1) is 11.5. The Morgan fingerprint density at radius 3 is 2.83 bits per heavy atom. The third-order valence-corrected chi connectivity index (χ3v) is 3.43. The van der Waals surface area contributed by atoms with E-state index >= 15 is 0 Å². The van der Waals surface area contributed by atoms with E-state index in [0.29, 0.717) is 5.56 Å². The molecule has 0 spiro atoms. The lowest BCUT2D eigenvalue weighted by atomic mass is 10.2. The number of amides is 1. The molecule has 0 fully saturated rings. The molecule has 0 saturated heterocycles. The molecule has 0 radical (unpaired) electrons. The largest absolute Gasteiger partial charge is 0.477 e. The van der Waals surface area contributed by atoms with Gasteiger partial charge in [-0.2, -0.15) is 14.6 Å². The molecule has 0 saturated carbocycles. The van der Waals surface area contributed by atoms with Crippen molar-refractivity contribution in [2.24, 2.45) is 0 Å². The lowest BCUT2D eigenvalue weighted by Gasteiger charge is -2.07. The molecular formula is C14H9ClFN5O3. The summed E-state index contributed by atoms with van der Waals surface area (Å²) in [5.74, 6) is -2.45. The fraction of sp³-hybridized carbons (Fsp3) is 0.0714. The van der Waals surface area contributed by atoms with Crippen LogP contribution in [0.4, 0.5) is 4.39 Å². The van der Waals surface area contributed by atoms with E-state index < -0.39 is 17.7 Å². The van der Waals surface area contributed by atoms with Crippen LogP contribution in [-0.4, -0.2) is 36.6 Å². The van der Waals surface area contributed by atoms with Crippen molar-refractivity contribution in [1.29, 1.82) is 0 Å². The lowest BCUT2D eigenvalue weighted by molar-refractivity contribution is 0.0687. The maximum Gasteiger partial charge on any atom is 0.354 e. The summed E-state index contributed by atoms with van der Waals surface area (Å²) >= 11 is 5.67. The Morgan fingerprint density at radius 2 is 2.12 bits per heavy atom. The predicted octanol–water partition coefficient (Wildman–Crippen LogP) is 1.54. The molecule has 1 aromatic carbocycles. The van der Waals surface area contributed by atoms with Gasteiger partial charge in [0.1, 0.15) is 17.8 Å². The minimum absolute atomic E-state index is 0.00937. The molecule has 24 heavy (non-hydrogen) atoms. The first kappa shape index (κ1) is 15.8. The summed E-state index contributed by atoms with van der Waals surface area (Å²) in [7, 11) is 0. The molecule has 2 heterocycles. The van der Waals surface area contributed by atoms with Crippen LogP contribution < -0.4 is 5.32 Å². The molecule has 0 bridgehead atoms. The summed E-state index contributed by atoms with van der Waals surface area (Å²) in [4.78, 5) is 31.2. The number of aromatic nitrogens is 4. The van der Waals surface area contributed by atoms with E-state index in [2.05, 4.69) is 20.4 Å². The quantitative estimate of drug-likeness (QED) is 0.739. The van der Waals surface area contributed by atoms with Crippen LogP contribution in [0.3, 0.4) is 0 Å². The van der Waals surface area contributed by atoms with Gasteiger partial charge in [0.2, 0.25) is 0 Å². The molecule has 2 aromatic heterocycles. The minimum Gasteiger partial charge on any atom is -0.477 e. The number of carbonyl (C=O) groups excluding carboxylic acids is 1. The second-order valence-corrected chi connectivity index (χ2v) is 5.14. The zero-order chi connectivity index (χ0) is 17.3. The number of aromatic carboxylic acids is 1. The Hall–Kier alpha value is -3.07. The van der Waals surface area contributed by atoms with Crippen molar-refractivity contribution >= 4 is 29.3 Å². The van der Waals surface area contributed by atoms with E-state index in [1.165, 1.54) is 18.2 Å². The second-order valence-electron chi connectivity index (χ2n) is 4.73. The third kappa shape index (κ3) is 3.01. The summed E-state index contributed by atoms with van der Waals surface area (Å²) in [6.45, 7) is 0.0702. The number of halogens is 2. The van der Waals surface area contributed by atoms with E-state index in [9.17, 15) is 19.1 Å². The average Bonchev–Trinajstić information content (AvgIpc) is 3.03. The van der Waals surface area contributed by atoms with Crippen LogP contribution in [0.5, 0.6) is 0 Å². The van der Waals surface area contributed by atoms with Crippen molar-refractivity contribution in [2.45, 2.75) is 6.54 Å². The van der Waals surface area contributed by atoms with Gasteiger partial charge in [0.25, 0.3) is 11.7 Å². The second kappa shape index (κ2) is 6.20. The number of hydrogen-bond donors (Lipinski definition) is 2. The molecule has 3 rings (SSSR count). The van der Waals surface area contributed by atoms with Crippen molar-refractivity contribution in [3.8, 4) is 0 Å². The first-order valence-electron chi connectivity index (χ1n) is 6.62. The summed E-state index contributed by atoms with van der Waals surface area (Å²) in [5.41, 5.74) is 0.213. The Balaban J connectivity index is 1.83. The molecule has 0 atom stereocenters. The summed E-state index contributed by atoms with van der Waals surface area (Å²) in [6.07, 6.45) is 1.14. The van der Waals surface area contributed by atoms with Crippen molar-refractivity contribution in [2.75, 3.05) is 0 Å². The van der Waals surface area contributed by atoms with Crippen molar-refractivity contribution in [1.82, 2.24) is 24.9 Å². The zero-order valence-corrected chi connectivity index (χ0v) is 12.7. The number of carbonyl (C=O) groups is 2. The average molecular weight is 350 g/mol. The number of carboxylic acids is 1. The third-order valence-electron chi connectivity index (χ3n) is 3.14. The number of rotatable bonds is 4. The van der Waals surface area contributed by atoms with Crippen molar-refractivity contribution < 1.29 is 19.1 Å². The van der Waals surface area contributed by atoms with E-state index in [0.717, 1.165) is 16.9 Å². The van der Waals surface area contributed by atoms with E-state index in [1.54, 1.807) is 0 Å². The highest BCUT2D eigenvalue weighted by Crippen LogP contribution is 2.16. The van der Waals surface area contributed by atoms with E-state index in [1.807, 2.05) is 0 Å². The molecule has 10 heteroatoms. The van der Waals surface area contributed by atoms with Gasteiger partial charge in [0.05, 0.1) is 5.02 Å². The Morgan fingerprint density at radius 1 is 1.33 bits per heavy atom. The number of hydrogen-bond acceptors (Lipinski definition) is 5. The van der Waals surface area contributed by atoms with Gasteiger partial charge in [-0.3, -0.25) is 4.79 Å². The zero-order valence-electron chi connectivity index (χ0n) is 11.9. The van der Waals surface area contributed by atoms with Gasteiger partial charge in [0.15, 0.2) is 5.69 Å². The van der Waals surface area contributed by atoms with Crippen molar-refractivity contribution in [3.05, 3.63) is 58.4 Å². The van der Waals surface area contributed by atoms with Crippen LogP contribution >= 0.6 is 11.6 Å². The van der Waals surface area contributed by atoms with Crippen LogP contribution in [0.15, 0.2) is 30.6 Å². The standard InChI is InChI=1S/C14H9ClFN5O3/c15-8-3-7(1-2-9(8)16)5-17-12(22)10-4-11(13(23)24)21-14(20-10)18-6-19-21/h1-4,6H,5H2,(H,17,22)(H,23,24). The molecule has 1 amide bonds. The minimum atomic E-state index is -1.27. The monoisotopic (exact) mass is 349 g/mol. The smallest absolute Gasteiger partial charge is 0.354 e. The number of carboxylic acid groups (broad SMARTS) is 1. The van der Waals surface area contributed by atoms with Crippen LogP contribution in [0.25, 0.3) is 5.78 Å². The summed E-state index contributed by atoms with van der Waals surface area (Å²) in [5, 5.41) is 15.4. The van der Waals surface area contributed by atoms with E-state index in [4.69, 9.17) is 11.6 Å². The van der Waals surface area contributed by atoms with Crippen LogP contribution in [-0.2, 0) is 6.54 Å². The molecule has 0 aliphatic heterocycles.